The minimum Gasteiger partial charge on any atom is -0.479 e. The number of aliphatic carboxylic acids is 1. The van der Waals surface area contributed by atoms with Crippen LogP contribution in [0.25, 0.3) is 0 Å². The molecule has 0 aliphatic carbocycles. The smallest absolute Gasteiger partial charge is 0.479 e. The number of hydrogen-bond acceptors (Lipinski definition) is 6. The van der Waals surface area contributed by atoms with Gasteiger partial charge in [-0.15, -0.1) is 0 Å². The SMILES string of the molecule is O=C(O)[C@H](O)[C@@H](O)[C@H](O)[C@H](O)CO.[Cr+3]. The number of rotatable bonds is 5. The maximum atomic E-state index is 10.1. The van der Waals surface area contributed by atoms with E-state index in [0.717, 1.165) is 0 Å². The molecule has 0 unspecified atom stereocenters. The molecule has 0 bridgehead atoms. The van der Waals surface area contributed by atoms with Gasteiger partial charge in [0.25, 0.3) is 0 Å². The van der Waals surface area contributed by atoms with Crippen molar-refractivity contribution in [2.45, 2.75) is 24.4 Å². The van der Waals surface area contributed by atoms with Gasteiger partial charge in [-0.3, -0.25) is 0 Å². The Balaban J connectivity index is 0. The van der Waals surface area contributed by atoms with E-state index in [1.807, 2.05) is 0 Å². The van der Waals surface area contributed by atoms with E-state index in [2.05, 4.69) is 0 Å². The molecule has 8 heteroatoms. The van der Waals surface area contributed by atoms with Gasteiger partial charge in [-0.05, 0) is 0 Å². The van der Waals surface area contributed by atoms with Crippen molar-refractivity contribution in [2.75, 3.05) is 6.61 Å². The molecule has 0 saturated carbocycles. The molecule has 4 atom stereocenters. The molecular formula is C6H12CrO7+3. The van der Waals surface area contributed by atoms with Crippen molar-refractivity contribution < 1.29 is 52.8 Å². The van der Waals surface area contributed by atoms with Crippen molar-refractivity contribution in [3.63, 3.8) is 0 Å². The quantitative estimate of drug-likeness (QED) is 0.297. The van der Waals surface area contributed by atoms with Crippen LogP contribution in [0.1, 0.15) is 0 Å². The van der Waals surface area contributed by atoms with Crippen LogP contribution in [-0.2, 0) is 22.2 Å². The summed E-state index contributed by atoms with van der Waals surface area (Å²) in [7, 11) is 0. The van der Waals surface area contributed by atoms with Crippen LogP contribution in [0.5, 0.6) is 0 Å². The van der Waals surface area contributed by atoms with Crippen molar-refractivity contribution in [3.05, 3.63) is 0 Å². The monoisotopic (exact) mass is 248 g/mol. The van der Waals surface area contributed by atoms with Gasteiger partial charge in [-0.1, -0.05) is 0 Å². The minimum atomic E-state index is -2.20. The number of carboxylic acid groups (broad SMARTS) is 1. The fraction of sp³-hybridized carbons (Fsp3) is 0.833. The van der Waals surface area contributed by atoms with E-state index < -0.39 is 37.0 Å². The first-order chi connectivity index (χ1) is 5.91. The van der Waals surface area contributed by atoms with E-state index in [1.54, 1.807) is 0 Å². The Morgan fingerprint density at radius 3 is 1.79 bits per heavy atom. The molecule has 6 N–H and O–H groups in total. The minimum absolute atomic E-state index is 0. The Hall–Kier alpha value is -0.198. The second-order valence-electron chi connectivity index (χ2n) is 2.51. The third kappa shape index (κ3) is 4.35. The zero-order valence-electron chi connectivity index (χ0n) is 7.02. The molecule has 0 aliphatic rings. The first-order valence-corrected chi connectivity index (χ1v) is 3.47. The molecule has 0 aromatic rings. The summed E-state index contributed by atoms with van der Waals surface area (Å²) in [6.07, 6.45) is -7.84. The summed E-state index contributed by atoms with van der Waals surface area (Å²) in [5.74, 6) is -1.73. The van der Waals surface area contributed by atoms with Gasteiger partial charge in [-0.25, -0.2) is 4.79 Å². The number of aliphatic hydroxyl groups is 5. The third-order valence-corrected chi connectivity index (χ3v) is 1.51. The van der Waals surface area contributed by atoms with Gasteiger partial charge in [0.15, 0.2) is 6.10 Å². The van der Waals surface area contributed by atoms with Gasteiger partial charge in [0.2, 0.25) is 0 Å². The van der Waals surface area contributed by atoms with E-state index in [4.69, 9.17) is 30.6 Å². The van der Waals surface area contributed by atoms with Crippen LogP contribution in [-0.4, -0.2) is 67.6 Å². The van der Waals surface area contributed by atoms with E-state index in [-0.39, 0.29) is 17.4 Å². The van der Waals surface area contributed by atoms with Crippen molar-refractivity contribution in [2.24, 2.45) is 0 Å². The first-order valence-electron chi connectivity index (χ1n) is 3.47. The van der Waals surface area contributed by atoms with E-state index >= 15 is 0 Å². The summed E-state index contributed by atoms with van der Waals surface area (Å²) >= 11 is 0. The van der Waals surface area contributed by atoms with Crippen molar-refractivity contribution >= 4 is 5.97 Å². The predicted octanol–water partition coefficient (Wildman–Crippen LogP) is -3.50. The second kappa shape index (κ2) is 7.14. The fourth-order valence-corrected chi connectivity index (χ4v) is 0.668. The molecule has 0 saturated heterocycles. The van der Waals surface area contributed by atoms with Crippen LogP contribution >= 0.6 is 0 Å². The van der Waals surface area contributed by atoms with E-state index in [1.165, 1.54) is 0 Å². The Morgan fingerprint density at radius 1 is 1.07 bits per heavy atom. The molecule has 0 amide bonds. The Labute approximate surface area is 90.4 Å². The Kier molecular flexibility index (Phi) is 8.28. The van der Waals surface area contributed by atoms with Crippen LogP contribution < -0.4 is 0 Å². The van der Waals surface area contributed by atoms with Gasteiger partial charge in [-0.2, -0.15) is 0 Å². The fourth-order valence-electron chi connectivity index (χ4n) is 0.668. The van der Waals surface area contributed by atoms with E-state index in [0.29, 0.717) is 0 Å². The normalized spacial score (nSPS) is 18.9. The second-order valence-corrected chi connectivity index (χ2v) is 2.51. The third-order valence-electron chi connectivity index (χ3n) is 1.51. The molecule has 0 aliphatic heterocycles. The molecule has 0 spiro atoms. The van der Waals surface area contributed by atoms with Crippen LogP contribution in [0.4, 0.5) is 0 Å². The standard InChI is InChI=1S/C6H12O7.Cr/c7-1-2(8)3(9)4(10)5(11)6(12)13;/h2-5,7-11H,1H2,(H,12,13);/q;+3/t2-,3-,4+,5-;/m1./s1. The molecule has 81 valence electrons. The molecule has 0 rings (SSSR count). The van der Waals surface area contributed by atoms with Crippen LogP contribution in [0, 0.1) is 0 Å². The Bertz CT molecular complexity index is 176. The zero-order chi connectivity index (χ0) is 10.6. The van der Waals surface area contributed by atoms with Crippen molar-refractivity contribution in [1.82, 2.24) is 0 Å². The number of carbonyl (C=O) groups is 1. The van der Waals surface area contributed by atoms with Crippen LogP contribution in [0.15, 0.2) is 0 Å². The molecule has 14 heavy (non-hydrogen) atoms. The summed E-state index contributed by atoms with van der Waals surface area (Å²) in [5, 5.41) is 51.8. The van der Waals surface area contributed by atoms with Crippen LogP contribution in [0.3, 0.4) is 0 Å². The van der Waals surface area contributed by atoms with Gasteiger partial charge in [0.05, 0.1) is 6.61 Å². The van der Waals surface area contributed by atoms with Crippen molar-refractivity contribution in [3.8, 4) is 0 Å². The largest absolute Gasteiger partial charge is 3.00 e. The van der Waals surface area contributed by atoms with E-state index in [9.17, 15) is 4.79 Å². The maximum absolute atomic E-state index is 10.1. The molecule has 0 heterocycles. The molecular weight excluding hydrogens is 236 g/mol. The maximum Gasteiger partial charge on any atom is 3.00 e. The number of hydrogen-bond donors (Lipinski definition) is 6. The summed E-state index contributed by atoms with van der Waals surface area (Å²) in [4.78, 5) is 10.1. The molecule has 1 radical (unpaired) electrons. The van der Waals surface area contributed by atoms with Gasteiger partial charge in [0, 0.05) is 0 Å². The number of carboxylic acids is 1. The average molecular weight is 248 g/mol. The summed E-state index contributed by atoms with van der Waals surface area (Å²) < 4.78 is 0. The first kappa shape index (κ1) is 16.2. The molecule has 7 nitrogen and oxygen atoms in total. The summed E-state index contributed by atoms with van der Waals surface area (Å²) in [6.45, 7) is -0.843. The molecule has 0 fully saturated rings. The van der Waals surface area contributed by atoms with Crippen LogP contribution in [0.2, 0.25) is 0 Å². The van der Waals surface area contributed by atoms with Gasteiger partial charge >= 0.3 is 23.3 Å². The van der Waals surface area contributed by atoms with Gasteiger partial charge < -0.3 is 30.6 Å². The predicted molar refractivity (Wildman–Crippen MR) is 38.7 cm³/mol. The number of aliphatic hydroxyl groups excluding tert-OH is 5. The Morgan fingerprint density at radius 2 is 1.50 bits per heavy atom. The average Bonchev–Trinajstić information content (AvgIpc) is 2.12. The summed E-state index contributed by atoms with van der Waals surface area (Å²) in [6, 6.07) is 0. The van der Waals surface area contributed by atoms with Crippen molar-refractivity contribution in [1.29, 1.82) is 0 Å². The molecule has 0 aromatic heterocycles. The topological polar surface area (TPSA) is 138 Å². The molecule has 0 aromatic carbocycles. The zero-order valence-corrected chi connectivity index (χ0v) is 8.29. The van der Waals surface area contributed by atoms with Gasteiger partial charge in [0.1, 0.15) is 18.3 Å². The summed E-state index contributed by atoms with van der Waals surface area (Å²) in [5.41, 5.74) is 0.